The van der Waals surface area contributed by atoms with Crippen LogP contribution in [0.15, 0.2) is 18.3 Å². The number of hydrogen-bond acceptors (Lipinski definition) is 4. The van der Waals surface area contributed by atoms with E-state index in [0.717, 1.165) is 0 Å². The summed E-state index contributed by atoms with van der Waals surface area (Å²) in [7, 11) is 0. The van der Waals surface area contributed by atoms with Gasteiger partial charge < -0.3 is 5.73 Å². The first-order chi connectivity index (χ1) is 5.33. The van der Waals surface area contributed by atoms with Gasteiger partial charge in [0.2, 0.25) is 5.95 Å². The number of aldehydes is 1. The largest absolute Gasteiger partial charge is 0.368 e. The SMILES string of the molecule is Nc1nccc(C=CC=O)n1. The predicted molar refractivity (Wildman–Crippen MR) is 41.5 cm³/mol. The molecule has 11 heavy (non-hydrogen) atoms. The Balaban J connectivity index is 2.87. The van der Waals surface area contributed by atoms with Crippen molar-refractivity contribution in [2.75, 3.05) is 5.73 Å². The molecule has 0 aliphatic rings. The second-order valence-electron chi connectivity index (χ2n) is 1.83. The summed E-state index contributed by atoms with van der Waals surface area (Å²) in [5.74, 6) is 0.207. The second-order valence-corrected chi connectivity index (χ2v) is 1.83. The van der Waals surface area contributed by atoms with Gasteiger partial charge in [-0.15, -0.1) is 0 Å². The third-order valence-electron chi connectivity index (χ3n) is 1.04. The zero-order chi connectivity index (χ0) is 8.10. The van der Waals surface area contributed by atoms with Crippen molar-refractivity contribution in [1.82, 2.24) is 9.97 Å². The molecule has 1 heterocycles. The number of allylic oxidation sites excluding steroid dienone is 1. The molecule has 56 valence electrons. The van der Waals surface area contributed by atoms with Gasteiger partial charge >= 0.3 is 0 Å². The van der Waals surface area contributed by atoms with Gasteiger partial charge in [-0.1, -0.05) is 0 Å². The van der Waals surface area contributed by atoms with Crippen LogP contribution in [-0.4, -0.2) is 16.3 Å². The van der Waals surface area contributed by atoms with Crippen LogP contribution in [0.1, 0.15) is 5.69 Å². The van der Waals surface area contributed by atoms with Crippen LogP contribution >= 0.6 is 0 Å². The first-order valence-corrected chi connectivity index (χ1v) is 3.03. The minimum Gasteiger partial charge on any atom is -0.368 e. The van der Waals surface area contributed by atoms with Crippen molar-refractivity contribution in [3.05, 3.63) is 24.0 Å². The Kier molecular flexibility index (Phi) is 2.32. The van der Waals surface area contributed by atoms with Crippen LogP contribution in [-0.2, 0) is 4.79 Å². The minimum atomic E-state index is 0.207. The van der Waals surface area contributed by atoms with E-state index in [9.17, 15) is 4.79 Å². The molecule has 0 spiro atoms. The molecule has 0 unspecified atom stereocenters. The molecule has 0 aliphatic carbocycles. The summed E-state index contributed by atoms with van der Waals surface area (Å²) in [5.41, 5.74) is 5.92. The average molecular weight is 149 g/mol. The number of aromatic nitrogens is 2. The van der Waals surface area contributed by atoms with Crippen LogP contribution in [0.25, 0.3) is 6.08 Å². The van der Waals surface area contributed by atoms with Gasteiger partial charge in [-0.05, 0) is 18.2 Å². The van der Waals surface area contributed by atoms with Crippen LogP contribution in [0.2, 0.25) is 0 Å². The number of nitrogens with two attached hydrogens (primary N) is 1. The van der Waals surface area contributed by atoms with E-state index in [1.165, 1.54) is 12.3 Å². The lowest BCUT2D eigenvalue weighted by Crippen LogP contribution is -1.94. The molecule has 0 saturated heterocycles. The molecule has 0 bridgehead atoms. The molecular weight excluding hydrogens is 142 g/mol. The minimum absolute atomic E-state index is 0.207. The number of nitrogens with zero attached hydrogens (tertiary/aromatic N) is 2. The third kappa shape index (κ3) is 2.17. The topological polar surface area (TPSA) is 68.9 Å². The first-order valence-electron chi connectivity index (χ1n) is 3.03. The zero-order valence-electron chi connectivity index (χ0n) is 5.77. The van der Waals surface area contributed by atoms with E-state index < -0.39 is 0 Å². The number of carbonyl (C=O) groups is 1. The van der Waals surface area contributed by atoms with Gasteiger partial charge in [0.25, 0.3) is 0 Å². The summed E-state index contributed by atoms with van der Waals surface area (Å²) in [6.45, 7) is 0. The molecular formula is C7H7N3O. The number of hydrogen-bond donors (Lipinski definition) is 1. The Morgan fingerprint density at radius 2 is 2.36 bits per heavy atom. The van der Waals surface area contributed by atoms with Gasteiger partial charge in [-0.2, -0.15) is 0 Å². The van der Waals surface area contributed by atoms with E-state index in [4.69, 9.17) is 5.73 Å². The van der Waals surface area contributed by atoms with Crippen molar-refractivity contribution in [2.24, 2.45) is 0 Å². The third-order valence-corrected chi connectivity index (χ3v) is 1.04. The van der Waals surface area contributed by atoms with Gasteiger partial charge in [0, 0.05) is 6.20 Å². The highest BCUT2D eigenvalue weighted by molar-refractivity contribution is 5.72. The van der Waals surface area contributed by atoms with E-state index in [2.05, 4.69) is 9.97 Å². The average Bonchev–Trinajstić information content (AvgIpc) is 2.01. The quantitative estimate of drug-likeness (QED) is 0.484. The van der Waals surface area contributed by atoms with Crippen LogP contribution < -0.4 is 5.73 Å². The van der Waals surface area contributed by atoms with Crippen molar-refractivity contribution >= 4 is 18.3 Å². The highest BCUT2D eigenvalue weighted by atomic mass is 16.1. The van der Waals surface area contributed by atoms with Crippen molar-refractivity contribution in [3.63, 3.8) is 0 Å². The van der Waals surface area contributed by atoms with Gasteiger partial charge in [0.05, 0.1) is 5.69 Å². The lowest BCUT2D eigenvalue weighted by Gasteiger charge is -1.91. The molecule has 0 aliphatic heterocycles. The van der Waals surface area contributed by atoms with E-state index in [1.807, 2.05) is 0 Å². The summed E-state index contributed by atoms with van der Waals surface area (Å²) in [4.78, 5) is 17.4. The van der Waals surface area contributed by atoms with Crippen molar-refractivity contribution < 1.29 is 4.79 Å². The Labute approximate surface area is 63.8 Å². The lowest BCUT2D eigenvalue weighted by molar-refractivity contribution is -0.104. The highest BCUT2D eigenvalue weighted by Gasteiger charge is 1.88. The molecule has 0 radical (unpaired) electrons. The maximum atomic E-state index is 9.90. The normalized spacial score (nSPS) is 10.2. The van der Waals surface area contributed by atoms with Crippen molar-refractivity contribution in [1.29, 1.82) is 0 Å². The van der Waals surface area contributed by atoms with Crippen molar-refractivity contribution in [3.8, 4) is 0 Å². The number of nitrogen functional groups attached to an aromatic ring is 1. The number of rotatable bonds is 2. The molecule has 0 saturated carbocycles. The molecule has 1 rings (SSSR count). The number of carbonyl (C=O) groups excluding carboxylic acids is 1. The first kappa shape index (κ1) is 7.40. The Hall–Kier alpha value is -1.71. The second kappa shape index (κ2) is 3.46. The van der Waals surface area contributed by atoms with Crippen LogP contribution in [0.5, 0.6) is 0 Å². The summed E-state index contributed by atoms with van der Waals surface area (Å²) in [6, 6.07) is 1.66. The summed E-state index contributed by atoms with van der Waals surface area (Å²) in [6.07, 6.45) is 5.12. The maximum absolute atomic E-state index is 9.90. The van der Waals surface area contributed by atoms with Gasteiger partial charge in [-0.3, -0.25) is 4.79 Å². The predicted octanol–water partition coefficient (Wildman–Crippen LogP) is 0.271. The van der Waals surface area contributed by atoms with E-state index in [0.29, 0.717) is 12.0 Å². The fraction of sp³-hybridized carbons (Fsp3) is 0. The maximum Gasteiger partial charge on any atom is 0.220 e. The molecule has 1 aromatic heterocycles. The molecule has 2 N–H and O–H groups in total. The van der Waals surface area contributed by atoms with Gasteiger partial charge in [0.15, 0.2) is 0 Å². The van der Waals surface area contributed by atoms with Gasteiger partial charge in [-0.25, -0.2) is 9.97 Å². The molecule has 0 fully saturated rings. The highest BCUT2D eigenvalue weighted by Crippen LogP contribution is 1.97. The van der Waals surface area contributed by atoms with Crippen LogP contribution in [0.4, 0.5) is 5.95 Å². The Bertz CT molecular complexity index is 283. The standard InChI is InChI=1S/C7H7N3O/c8-7-9-4-3-6(10-7)2-1-5-11/h1-5H,(H2,8,9,10). The summed E-state index contributed by atoms with van der Waals surface area (Å²) in [5, 5.41) is 0. The Morgan fingerprint density at radius 3 is 3.00 bits per heavy atom. The molecule has 0 amide bonds. The molecule has 0 atom stereocenters. The van der Waals surface area contributed by atoms with Crippen molar-refractivity contribution in [2.45, 2.75) is 0 Å². The summed E-state index contributed by atoms with van der Waals surface area (Å²) < 4.78 is 0. The van der Waals surface area contributed by atoms with E-state index in [1.54, 1.807) is 12.1 Å². The fourth-order valence-electron chi connectivity index (χ4n) is 0.619. The number of anilines is 1. The Morgan fingerprint density at radius 1 is 1.55 bits per heavy atom. The summed E-state index contributed by atoms with van der Waals surface area (Å²) >= 11 is 0. The smallest absolute Gasteiger partial charge is 0.220 e. The van der Waals surface area contributed by atoms with Gasteiger partial charge in [0.1, 0.15) is 6.29 Å². The van der Waals surface area contributed by atoms with E-state index in [-0.39, 0.29) is 5.95 Å². The molecule has 4 heteroatoms. The van der Waals surface area contributed by atoms with E-state index >= 15 is 0 Å². The lowest BCUT2D eigenvalue weighted by atomic mass is 10.4. The molecule has 0 aromatic carbocycles. The van der Waals surface area contributed by atoms with Crippen LogP contribution in [0.3, 0.4) is 0 Å². The molecule has 1 aromatic rings. The zero-order valence-corrected chi connectivity index (χ0v) is 5.77. The fourth-order valence-corrected chi connectivity index (χ4v) is 0.619. The monoisotopic (exact) mass is 149 g/mol. The molecule has 4 nitrogen and oxygen atoms in total. The van der Waals surface area contributed by atoms with Crippen LogP contribution in [0, 0.1) is 0 Å².